The second-order valence-corrected chi connectivity index (χ2v) is 4.99. The van der Waals surface area contributed by atoms with Crippen molar-refractivity contribution in [1.29, 1.82) is 0 Å². The number of methoxy groups -OCH3 is 1. The maximum Gasteiger partial charge on any atom is 0.119 e. The first-order valence-electron chi connectivity index (χ1n) is 5.61. The topological polar surface area (TPSA) is 40.2 Å². The molecule has 4 heteroatoms. The Morgan fingerprint density at radius 3 is 2.71 bits per heavy atom. The van der Waals surface area contributed by atoms with Crippen molar-refractivity contribution in [3.05, 3.63) is 27.9 Å². The normalized spacial score (nSPS) is 11.1. The molecule has 0 amide bonds. The van der Waals surface area contributed by atoms with E-state index in [1.165, 1.54) is 22.2 Å². The molecule has 0 saturated carbocycles. The first kappa shape index (κ1) is 12.5. The number of hydrogen-bond donors (Lipinski definition) is 1. The van der Waals surface area contributed by atoms with Crippen LogP contribution in [0.5, 0.6) is 5.75 Å². The van der Waals surface area contributed by atoms with E-state index >= 15 is 0 Å². The van der Waals surface area contributed by atoms with Crippen LogP contribution in [0, 0.1) is 6.92 Å². The van der Waals surface area contributed by atoms with E-state index < -0.39 is 0 Å². The summed E-state index contributed by atoms with van der Waals surface area (Å²) in [5, 5.41) is 1.19. The summed E-state index contributed by atoms with van der Waals surface area (Å²) < 4.78 is 8.65. The Hall–Kier alpha value is -1.00. The number of aryl methyl sites for hydroxylation is 2. The minimum absolute atomic E-state index is 0.652. The van der Waals surface area contributed by atoms with Gasteiger partial charge in [-0.15, -0.1) is 0 Å². The van der Waals surface area contributed by atoms with Crippen molar-refractivity contribution in [2.75, 3.05) is 13.7 Å². The summed E-state index contributed by atoms with van der Waals surface area (Å²) in [7, 11) is 3.77. The van der Waals surface area contributed by atoms with Gasteiger partial charge >= 0.3 is 0 Å². The maximum absolute atomic E-state index is 5.66. The molecule has 3 nitrogen and oxygen atoms in total. The van der Waals surface area contributed by atoms with Gasteiger partial charge in [0.05, 0.1) is 12.6 Å². The summed E-state index contributed by atoms with van der Waals surface area (Å²) in [5.74, 6) is 0.889. The molecule has 1 aromatic heterocycles. The van der Waals surface area contributed by atoms with Crippen LogP contribution >= 0.6 is 15.9 Å². The third kappa shape index (κ3) is 1.96. The lowest BCUT2D eigenvalue weighted by Gasteiger charge is -2.06. The third-order valence-electron chi connectivity index (χ3n) is 3.12. The highest BCUT2D eigenvalue weighted by Gasteiger charge is 2.15. The SMILES string of the molecule is COc1cc(C)c2c(c1)c(Br)c(CCN)n2C. The molecule has 0 spiro atoms. The van der Waals surface area contributed by atoms with E-state index in [-0.39, 0.29) is 0 Å². The number of halogens is 1. The summed E-state index contributed by atoms with van der Waals surface area (Å²) in [5.41, 5.74) is 9.34. The number of nitrogens with zero attached hydrogens (tertiary/aromatic N) is 1. The molecule has 2 aromatic rings. The minimum Gasteiger partial charge on any atom is -0.497 e. The Morgan fingerprint density at radius 1 is 1.41 bits per heavy atom. The minimum atomic E-state index is 0.652. The summed E-state index contributed by atoms with van der Waals surface area (Å²) in [6.45, 7) is 2.75. The average Bonchev–Trinajstić information content (AvgIpc) is 2.55. The van der Waals surface area contributed by atoms with Crippen molar-refractivity contribution in [1.82, 2.24) is 4.57 Å². The zero-order valence-corrected chi connectivity index (χ0v) is 12.0. The maximum atomic E-state index is 5.66. The predicted molar refractivity (Wildman–Crippen MR) is 74.7 cm³/mol. The van der Waals surface area contributed by atoms with Crippen molar-refractivity contribution in [3.63, 3.8) is 0 Å². The molecular formula is C13H17BrN2O. The van der Waals surface area contributed by atoms with Gasteiger partial charge in [0.15, 0.2) is 0 Å². The molecule has 0 bridgehead atoms. The van der Waals surface area contributed by atoms with Crippen molar-refractivity contribution in [3.8, 4) is 5.75 Å². The Labute approximate surface area is 110 Å². The average molecular weight is 297 g/mol. The van der Waals surface area contributed by atoms with E-state index in [1.807, 2.05) is 0 Å². The first-order valence-corrected chi connectivity index (χ1v) is 6.41. The number of rotatable bonds is 3. The second-order valence-electron chi connectivity index (χ2n) is 4.20. The Balaban J connectivity index is 2.77. The molecule has 92 valence electrons. The summed E-state index contributed by atoms with van der Waals surface area (Å²) in [6, 6.07) is 4.12. The standard InChI is InChI=1S/C13H17BrN2O/c1-8-6-9(17-3)7-10-12(14)11(4-5-15)16(2)13(8)10/h6-7H,4-5,15H2,1-3H3. The van der Waals surface area contributed by atoms with Crippen LogP contribution in [0.1, 0.15) is 11.3 Å². The van der Waals surface area contributed by atoms with Gasteiger partial charge in [0.2, 0.25) is 0 Å². The van der Waals surface area contributed by atoms with Gasteiger partial charge < -0.3 is 15.0 Å². The van der Waals surface area contributed by atoms with Gasteiger partial charge in [-0.25, -0.2) is 0 Å². The molecule has 2 N–H and O–H groups in total. The number of aromatic nitrogens is 1. The molecule has 0 atom stereocenters. The fraction of sp³-hybridized carbons (Fsp3) is 0.385. The number of ether oxygens (including phenoxy) is 1. The molecule has 0 aliphatic rings. The fourth-order valence-electron chi connectivity index (χ4n) is 2.33. The van der Waals surface area contributed by atoms with E-state index in [2.05, 4.69) is 46.6 Å². The monoisotopic (exact) mass is 296 g/mol. The zero-order chi connectivity index (χ0) is 12.6. The molecule has 0 aliphatic heterocycles. The quantitative estimate of drug-likeness (QED) is 0.946. The molecule has 17 heavy (non-hydrogen) atoms. The smallest absolute Gasteiger partial charge is 0.119 e. The van der Waals surface area contributed by atoms with Crippen molar-refractivity contribution in [2.24, 2.45) is 12.8 Å². The highest BCUT2D eigenvalue weighted by atomic mass is 79.9. The van der Waals surface area contributed by atoms with Crippen LogP contribution in [0.25, 0.3) is 10.9 Å². The van der Waals surface area contributed by atoms with Gasteiger partial charge in [0, 0.05) is 29.0 Å². The van der Waals surface area contributed by atoms with Crippen molar-refractivity contribution < 1.29 is 4.74 Å². The van der Waals surface area contributed by atoms with Crippen LogP contribution in [0.3, 0.4) is 0 Å². The van der Waals surface area contributed by atoms with Gasteiger partial charge in [-0.2, -0.15) is 0 Å². The zero-order valence-electron chi connectivity index (χ0n) is 10.4. The third-order valence-corrected chi connectivity index (χ3v) is 4.01. The largest absolute Gasteiger partial charge is 0.497 e. The van der Waals surface area contributed by atoms with E-state index in [0.717, 1.165) is 16.6 Å². The number of hydrogen-bond acceptors (Lipinski definition) is 2. The van der Waals surface area contributed by atoms with Crippen LogP contribution in [0.4, 0.5) is 0 Å². The number of benzene rings is 1. The molecule has 0 saturated heterocycles. The lowest BCUT2D eigenvalue weighted by atomic mass is 10.1. The van der Waals surface area contributed by atoms with Crippen molar-refractivity contribution >= 4 is 26.8 Å². The predicted octanol–water partition coefficient (Wildman–Crippen LogP) is 2.76. The van der Waals surface area contributed by atoms with Crippen LogP contribution < -0.4 is 10.5 Å². The lowest BCUT2D eigenvalue weighted by Crippen LogP contribution is -2.07. The Bertz CT molecular complexity index is 560. The van der Waals surface area contributed by atoms with Gasteiger partial charge in [-0.1, -0.05) is 0 Å². The Morgan fingerprint density at radius 2 is 2.12 bits per heavy atom. The molecule has 1 aromatic carbocycles. The van der Waals surface area contributed by atoms with Gasteiger partial charge in [0.1, 0.15) is 5.75 Å². The van der Waals surface area contributed by atoms with Gasteiger partial charge in [-0.05, 0) is 47.1 Å². The van der Waals surface area contributed by atoms with Crippen LogP contribution in [0.15, 0.2) is 16.6 Å². The molecule has 0 radical (unpaired) electrons. The molecular weight excluding hydrogens is 280 g/mol. The number of fused-ring (bicyclic) bond motifs is 1. The lowest BCUT2D eigenvalue weighted by molar-refractivity contribution is 0.415. The van der Waals surface area contributed by atoms with E-state index in [0.29, 0.717) is 6.54 Å². The highest BCUT2D eigenvalue weighted by molar-refractivity contribution is 9.10. The van der Waals surface area contributed by atoms with E-state index in [9.17, 15) is 0 Å². The summed E-state index contributed by atoms with van der Waals surface area (Å²) in [6.07, 6.45) is 0.869. The number of nitrogens with two attached hydrogens (primary N) is 1. The van der Waals surface area contributed by atoms with Crippen LogP contribution in [0.2, 0.25) is 0 Å². The molecule has 0 fully saturated rings. The fourth-order valence-corrected chi connectivity index (χ4v) is 3.10. The second kappa shape index (κ2) is 4.70. The molecule has 2 rings (SSSR count). The van der Waals surface area contributed by atoms with E-state index in [4.69, 9.17) is 10.5 Å². The first-order chi connectivity index (χ1) is 8.10. The van der Waals surface area contributed by atoms with E-state index in [1.54, 1.807) is 7.11 Å². The summed E-state index contributed by atoms with van der Waals surface area (Å²) >= 11 is 3.67. The van der Waals surface area contributed by atoms with Crippen LogP contribution in [-0.4, -0.2) is 18.2 Å². The summed E-state index contributed by atoms with van der Waals surface area (Å²) in [4.78, 5) is 0. The molecule has 0 aliphatic carbocycles. The molecule has 1 heterocycles. The van der Waals surface area contributed by atoms with Gasteiger partial charge in [-0.3, -0.25) is 0 Å². The highest BCUT2D eigenvalue weighted by Crippen LogP contribution is 2.35. The van der Waals surface area contributed by atoms with Gasteiger partial charge in [0.25, 0.3) is 0 Å². The molecule has 0 unspecified atom stereocenters. The van der Waals surface area contributed by atoms with Crippen molar-refractivity contribution in [2.45, 2.75) is 13.3 Å². The Kier molecular flexibility index (Phi) is 3.45. The van der Waals surface area contributed by atoms with Crippen LogP contribution in [-0.2, 0) is 13.5 Å².